The summed E-state index contributed by atoms with van der Waals surface area (Å²) in [7, 11) is 2.29. The zero-order valence-corrected chi connectivity index (χ0v) is 17.9. The minimum Gasteiger partial charge on any atom is -0.481 e. The predicted molar refractivity (Wildman–Crippen MR) is 113 cm³/mol. The van der Waals surface area contributed by atoms with Gasteiger partial charge in [0.25, 0.3) is 0 Å². The normalized spacial score (nSPS) is 22.8. The average molecular weight is 472 g/mol. The maximum absolute atomic E-state index is 11.9. The molecule has 142 valence electrons. The van der Waals surface area contributed by atoms with Gasteiger partial charge in [0.2, 0.25) is 5.91 Å². The molecule has 2 saturated heterocycles. The first-order valence-corrected chi connectivity index (χ1v) is 12.4. The van der Waals surface area contributed by atoms with Gasteiger partial charge >= 0.3 is 11.9 Å². The van der Waals surface area contributed by atoms with Crippen molar-refractivity contribution in [2.75, 3.05) is 23.0 Å². The summed E-state index contributed by atoms with van der Waals surface area (Å²) in [5, 5.41) is 18.8. The Balaban J connectivity index is 1.92. The Bertz CT molecular complexity index is 582. The van der Waals surface area contributed by atoms with Crippen molar-refractivity contribution in [3.05, 3.63) is 0 Å². The highest BCUT2D eigenvalue weighted by Gasteiger charge is 2.41. The molecule has 0 unspecified atom stereocenters. The van der Waals surface area contributed by atoms with Crippen LogP contribution in [0.25, 0.3) is 0 Å². The molecule has 0 spiro atoms. The highest BCUT2D eigenvalue weighted by atomic mass is 33.1. The number of rotatable bonds is 9. The smallest absolute Gasteiger partial charge is 0.327 e. The van der Waals surface area contributed by atoms with Crippen LogP contribution < -0.4 is 0 Å². The van der Waals surface area contributed by atoms with Crippen molar-refractivity contribution in [2.45, 2.75) is 6.04 Å². The Morgan fingerprint density at radius 1 is 1.12 bits per heavy atom. The summed E-state index contributed by atoms with van der Waals surface area (Å²) in [6, 6.07) is -1.10. The number of carbonyl (C=O) groups excluding carboxylic acids is 2. The second-order valence-corrected chi connectivity index (χ2v) is 11.1. The third-order valence-corrected chi connectivity index (χ3v) is 9.01. The molecule has 0 aromatic rings. The summed E-state index contributed by atoms with van der Waals surface area (Å²) in [4.78, 5) is 47.8. The lowest BCUT2D eigenvalue weighted by atomic mass is 9.92. The minimum absolute atomic E-state index is 0.0522. The summed E-state index contributed by atoms with van der Waals surface area (Å²) in [6.45, 7) is 0. The lowest BCUT2D eigenvalue weighted by Gasteiger charge is -2.23. The summed E-state index contributed by atoms with van der Waals surface area (Å²) >= 11 is 12.4. The molecule has 2 fully saturated rings. The van der Waals surface area contributed by atoms with Crippen LogP contribution in [0.4, 0.5) is 0 Å². The second-order valence-electron chi connectivity index (χ2n) is 5.24. The van der Waals surface area contributed by atoms with Gasteiger partial charge in [-0.1, -0.05) is 57.8 Å². The molecule has 0 bridgehead atoms. The van der Waals surface area contributed by atoms with E-state index in [4.69, 9.17) is 24.4 Å². The van der Waals surface area contributed by atoms with E-state index in [1.807, 2.05) is 0 Å². The summed E-state index contributed by atoms with van der Waals surface area (Å²) < 4.78 is 0.622. The Labute approximate surface area is 176 Å². The van der Waals surface area contributed by atoms with Crippen molar-refractivity contribution < 1.29 is 29.4 Å². The van der Waals surface area contributed by atoms with Gasteiger partial charge in [-0.2, -0.15) is 0 Å². The highest BCUT2D eigenvalue weighted by molar-refractivity contribution is 8.76. The molecular formula is C13H13NO6S6. The fourth-order valence-corrected chi connectivity index (χ4v) is 7.38. The molecule has 2 aliphatic rings. The molecule has 13 heteroatoms. The third-order valence-electron chi connectivity index (χ3n) is 3.62. The van der Waals surface area contributed by atoms with Crippen LogP contribution in [0.2, 0.25) is 0 Å². The molecule has 2 N–H and O–H groups in total. The maximum atomic E-state index is 11.9. The van der Waals surface area contributed by atoms with E-state index in [0.29, 0.717) is 4.20 Å². The minimum atomic E-state index is -1.17. The molecule has 0 radical (unpaired) electrons. The lowest BCUT2D eigenvalue weighted by molar-refractivity contribution is -0.144. The number of carbonyl (C=O) groups is 4. The van der Waals surface area contributed by atoms with Gasteiger partial charge in [0.15, 0.2) is 5.78 Å². The Morgan fingerprint density at radius 2 is 1.77 bits per heavy atom. The zero-order chi connectivity index (χ0) is 19.4. The van der Waals surface area contributed by atoms with Crippen molar-refractivity contribution in [3.8, 4) is 0 Å². The van der Waals surface area contributed by atoms with E-state index in [1.54, 1.807) is 0 Å². The number of amides is 1. The molecule has 1 amide bonds. The Hall–Kier alpha value is -0.340. The van der Waals surface area contributed by atoms with Crippen LogP contribution in [0, 0.1) is 11.8 Å². The largest absolute Gasteiger partial charge is 0.481 e. The first-order chi connectivity index (χ1) is 12.2. The summed E-state index contributed by atoms with van der Waals surface area (Å²) in [5.74, 6) is -4.08. The van der Waals surface area contributed by atoms with E-state index < -0.39 is 29.8 Å². The number of carboxylic acids is 2. The standard InChI is InChI=1S/C13H13NO6S6/c15-7-3-23-12(21)9(7)5(10(17)18)1-25-26-2-6(11(19)20)14-8(16)4-24-13(14)22/h5-6,9H,1-4H2,(H,17,18)(H,19,20)/t5-,6-,9-/m1/s1. The predicted octanol–water partition coefficient (Wildman–Crippen LogP) is 1.64. The molecule has 0 aromatic heterocycles. The van der Waals surface area contributed by atoms with Crippen LogP contribution in [-0.2, 0) is 19.2 Å². The van der Waals surface area contributed by atoms with Crippen LogP contribution in [-0.4, -0.2) is 76.3 Å². The Morgan fingerprint density at radius 3 is 2.23 bits per heavy atom. The number of hydrogen-bond acceptors (Lipinski definition) is 10. The highest BCUT2D eigenvalue weighted by Crippen LogP contribution is 2.36. The number of nitrogens with zero attached hydrogens (tertiary/aromatic N) is 1. The first kappa shape index (κ1) is 22.0. The third kappa shape index (κ3) is 5.13. The molecule has 0 saturated carbocycles. The van der Waals surface area contributed by atoms with E-state index in [0.717, 1.165) is 38.2 Å². The monoisotopic (exact) mass is 471 g/mol. The molecular weight excluding hydrogens is 459 g/mol. The van der Waals surface area contributed by atoms with Gasteiger partial charge in [-0.05, 0) is 0 Å². The van der Waals surface area contributed by atoms with Crippen molar-refractivity contribution in [3.63, 3.8) is 0 Å². The number of thioether (sulfide) groups is 2. The molecule has 2 heterocycles. The van der Waals surface area contributed by atoms with Crippen molar-refractivity contribution in [2.24, 2.45) is 11.8 Å². The van der Waals surface area contributed by atoms with E-state index in [-0.39, 0.29) is 39.0 Å². The summed E-state index contributed by atoms with van der Waals surface area (Å²) in [6.07, 6.45) is 0. The van der Waals surface area contributed by atoms with Crippen LogP contribution in [0.3, 0.4) is 0 Å². The molecule has 2 rings (SSSR count). The second kappa shape index (κ2) is 9.73. The number of aliphatic carboxylic acids is 2. The zero-order valence-electron chi connectivity index (χ0n) is 13.0. The van der Waals surface area contributed by atoms with Crippen molar-refractivity contribution in [1.82, 2.24) is 4.90 Å². The van der Waals surface area contributed by atoms with Gasteiger partial charge < -0.3 is 10.2 Å². The molecule has 0 aliphatic carbocycles. The quantitative estimate of drug-likeness (QED) is 0.290. The van der Waals surface area contributed by atoms with Gasteiger partial charge in [-0.3, -0.25) is 19.3 Å². The SMILES string of the molecule is O=C1CSC(=S)[C@@H]1[C@@H](CSSC[C@H](C(=O)O)N1C(=O)CSC1=S)C(=O)O. The number of ketones is 1. The molecule has 7 nitrogen and oxygen atoms in total. The van der Waals surface area contributed by atoms with Crippen LogP contribution in [0.1, 0.15) is 0 Å². The molecule has 3 atom stereocenters. The van der Waals surface area contributed by atoms with Gasteiger partial charge in [-0.25, -0.2) is 4.79 Å². The fourth-order valence-electron chi connectivity index (χ4n) is 2.31. The van der Waals surface area contributed by atoms with Gasteiger partial charge in [0.1, 0.15) is 10.4 Å². The van der Waals surface area contributed by atoms with Gasteiger partial charge in [0, 0.05) is 11.5 Å². The van der Waals surface area contributed by atoms with Gasteiger partial charge in [-0.15, -0.1) is 11.8 Å². The molecule has 2 aliphatic heterocycles. The van der Waals surface area contributed by atoms with Crippen molar-refractivity contribution in [1.29, 1.82) is 0 Å². The van der Waals surface area contributed by atoms with E-state index >= 15 is 0 Å². The van der Waals surface area contributed by atoms with E-state index in [1.165, 1.54) is 11.8 Å². The van der Waals surface area contributed by atoms with Crippen molar-refractivity contribution >= 4 is 102 Å². The lowest BCUT2D eigenvalue weighted by Crippen LogP contribution is -2.45. The van der Waals surface area contributed by atoms with Crippen LogP contribution >= 0.6 is 69.5 Å². The summed E-state index contributed by atoms with van der Waals surface area (Å²) in [5.41, 5.74) is 0. The van der Waals surface area contributed by atoms with E-state index in [2.05, 4.69) is 0 Å². The number of thiocarbonyl (C=S) groups is 2. The Kier molecular flexibility index (Phi) is 8.22. The van der Waals surface area contributed by atoms with Crippen LogP contribution in [0.15, 0.2) is 0 Å². The average Bonchev–Trinajstić information content (AvgIpc) is 3.06. The fraction of sp³-hybridized carbons (Fsp3) is 0.538. The number of hydrogen-bond donors (Lipinski definition) is 2. The van der Waals surface area contributed by atoms with Gasteiger partial charge in [0.05, 0.1) is 27.5 Å². The molecule has 0 aromatic carbocycles. The number of carboxylic acid groups (broad SMARTS) is 2. The first-order valence-electron chi connectivity index (χ1n) is 7.12. The van der Waals surface area contributed by atoms with E-state index in [9.17, 15) is 29.4 Å². The number of Topliss-reactive ketones (excluding diaryl/α,β-unsaturated/α-hetero) is 1. The molecule has 26 heavy (non-hydrogen) atoms. The van der Waals surface area contributed by atoms with Crippen LogP contribution in [0.5, 0.6) is 0 Å². The maximum Gasteiger partial charge on any atom is 0.327 e. The topological polar surface area (TPSA) is 112 Å².